The van der Waals surface area contributed by atoms with Crippen molar-refractivity contribution >= 4 is 40.3 Å². The van der Waals surface area contributed by atoms with E-state index in [1.807, 2.05) is 39.0 Å². The number of carbonyl (C=O) groups is 1. The lowest BCUT2D eigenvalue weighted by Gasteiger charge is -2.19. The third-order valence-corrected chi connectivity index (χ3v) is 3.61. The molecule has 4 nitrogen and oxygen atoms in total. The van der Waals surface area contributed by atoms with Crippen molar-refractivity contribution in [3.05, 3.63) is 23.2 Å². The van der Waals surface area contributed by atoms with E-state index in [2.05, 4.69) is 22.9 Å². The average Bonchev–Trinajstić information content (AvgIpc) is 2.68. The summed E-state index contributed by atoms with van der Waals surface area (Å²) in [5.41, 5.74) is 0.382. The molecule has 0 bridgehead atoms. The Morgan fingerprint density at radius 2 is 2.21 bits per heavy atom. The molecule has 0 atom stereocenters. The zero-order valence-corrected chi connectivity index (χ0v) is 12.8. The average molecular weight is 296 g/mol. The van der Waals surface area contributed by atoms with Gasteiger partial charge < -0.3 is 10.1 Å². The number of hydrogen-bond donors (Lipinski definition) is 2. The summed E-state index contributed by atoms with van der Waals surface area (Å²) in [6.07, 6.45) is -0.433. The van der Waals surface area contributed by atoms with E-state index < -0.39 is 11.7 Å². The lowest BCUT2D eigenvalue weighted by molar-refractivity contribution is 0.0523. The van der Waals surface area contributed by atoms with Crippen LogP contribution in [0.5, 0.6) is 0 Å². The zero-order valence-electron chi connectivity index (χ0n) is 11.1. The first-order valence-corrected chi connectivity index (χ1v) is 7.16. The Hall–Kier alpha value is -1.27. The van der Waals surface area contributed by atoms with E-state index >= 15 is 0 Å². The van der Waals surface area contributed by atoms with Crippen molar-refractivity contribution in [1.29, 1.82) is 0 Å². The number of aromatic nitrogens is 1. The molecule has 2 rings (SSSR count). The summed E-state index contributed by atoms with van der Waals surface area (Å²) in [4.78, 5) is 16.8. The van der Waals surface area contributed by atoms with Crippen LogP contribution >= 0.6 is 24.0 Å². The predicted octanol–water partition coefficient (Wildman–Crippen LogP) is 3.61. The first kappa shape index (κ1) is 14.1. The highest BCUT2D eigenvalue weighted by atomic mass is 32.1. The fraction of sp³-hybridized carbons (Fsp3) is 0.385. The molecule has 19 heavy (non-hydrogen) atoms. The van der Waals surface area contributed by atoms with Gasteiger partial charge >= 0.3 is 6.09 Å². The Morgan fingerprint density at radius 3 is 2.84 bits per heavy atom. The van der Waals surface area contributed by atoms with Gasteiger partial charge in [0.1, 0.15) is 10.6 Å². The molecule has 0 fully saturated rings. The van der Waals surface area contributed by atoms with Gasteiger partial charge in [-0.25, -0.2) is 9.78 Å². The minimum atomic E-state index is -0.490. The fourth-order valence-electron chi connectivity index (χ4n) is 1.52. The molecule has 0 spiro atoms. The number of benzene rings is 1. The highest BCUT2D eigenvalue weighted by molar-refractivity contribution is 7.80. The van der Waals surface area contributed by atoms with E-state index in [1.54, 1.807) is 11.3 Å². The Kier molecular flexibility index (Phi) is 4.01. The highest BCUT2D eigenvalue weighted by Gasteiger charge is 2.16. The van der Waals surface area contributed by atoms with Gasteiger partial charge in [-0.15, -0.1) is 24.0 Å². The summed E-state index contributed by atoms with van der Waals surface area (Å²) in [6, 6.07) is 5.83. The molecular formula is C13H16N2O2S2. The van der Waals surface area contributed by atoms with Gasteiger partial charge in [-0.1, -0.05) is 6.07 Å². The highest BCUT2D eigenvalue weighted by Crippen LogP contribution is 2.26. The van der Waals surface area contributed by atoms with Gasteiger partial charge in [0, 0.05) is 4.90 Å². The first-order chi connectivity index (χ1) is 8.85. The number of nitrogens with zero attached hydrogens (tertiary/aromatic N) is 1. The molecule has 6 heteroatoms. The van der Waals surface area contributed by atoms with Crippen LogP contribution in [0.3, 0.4) is 0 Å². The van der Waals surface area contributed by atoms with Crippen molar-refractivity contribution in [3.8, 4) is 0 Å². The Balaban J connectivity index is 2.02. The number of amides is 1. The molecule has 1 heterocycles. The van der Waals surface area contributed by atoms with Gasteiger partial charge in [0.15, 0.2) is 0 Å². The summed E-state index contributed by atoms with van der Waals surface area (Å²) < 4.78 is 6.23. The third kappa shape index (κ3) is 3.84. The van der Waals surface area contributed by atoms with Gasteiger partial charge in [0.05, 0.1) is 16.8 Å². The van der Waals surface area contributed by atoms with E-state index in [1.165, 1.54) is 0 Å². The number of nitrogens with one attached hydrogen (secondary N) is 1. The van der Waals surface area contributed by atoms with Crippen molar-refractivity contribution in [1.82, 2.24) is 10.3 Å². The molecule has 1 aromatic heterocycles. The summed E-state index contributed by atoms with van der Waals surface area (Å²) >= 11 is 5.90. The predicted molar refractivity (Wildman–Crippen MR) is 79.9 cm³/mol. The Morgan fingerprint density at radius 1 is 1.47 bits per heavy atom. The molecular weight excluding hydrogens is 280 g/mol. The van der Waals surface area contributed by atoms with Crippen molar-refractivity contribution < 1.29 is 9.53 Å². The van der Waals surface area contributed by atoms with E-state index in [9.17, 15) is 4.79 Å². The van der Waals surface area contributed by atoms with Crippen LogP contribution < -0.4 is 5.32 Å². The molecule has 0 aliphatic heterocycles. The van der Waals surface area contributed by atoms with Gasteiger partial charge in [-0.05, 0) is 32.9 Å². The van der Waals surface area contributed by atoms with E-state index in [4.69, 9.17) is 4.74 Å². The van der Waals surface area contributed by atoms with Gasteiger partial charge in [0.2, 0.25) is 0 Å². The molecule has 2 aromatic rings. The molecule has 0 aliphatic carbocycles. The van der Waals surface area contributed by atoms with Crippen molar-refractivity contribution in [2.24, 2.45) is 0 Å². The van der Waals surface area contributed by atoms with Crippen molar-refractivity contribution in [2.45, 2.75) is 37.8 Å². The van der Waals surface area contributed by atoms with E-state index in [0.29, 0.717) is 6.54 Å². The maximum Gasteiger partial charge on any atom is 0.408 e. The van der Waals surface area contributed by atoms with Crippen LogP contribution in [0, 0.1) is 0 Å². The van der Waals surface area contributed by atoms with Crippen LogP contribution in [0.4, 0.5) is 4.79 Å². The second kappa shape index (κ2) is 5.38. The second-order valence-electron chi connectivity index (χ2n) is 5.09. The smallest absolute Gasteiger partial charge is 0.408 e. The third-order valence-electron chi connectivity index (χ3n) is 2.22. The minimum absolute atomic E-state index is 0.363. The molecule has 102 valence electrons. The van der Waals surface area contributed by atoms with E-state index in [-0.39, 0.29) is 0 Å². The number of fused-ring (bicyclic) bond motifs is 1. The van der Waals surface area contributed by atoms with E-state index in [0.717, 1.165) is 20.1 Å². The van der Waals surface area contributed by atoms with Gasteiger partial charge in [0.25, 0.3) is 0 Å². The largest absolute Gasteiger partial charge is 0.444 e. The molecule has 1 N–H and O–H groups in total. The van der Waals surface area contributed by atoms with Crippen LogP contribution in [0.15, 0.2) is 23.1 Å². The minimum Gasteiger partial charge on any atom is -0.444 e. The number of hydrogen-bond acceptors (Lipinski definition) is 5. The van der Waals surface area contributed by atoms with Crippen LogP contribution in [-0.2, 0) is 11.3 Å². The maximum absolute atomic E-state index is 11.5. The number of para-hydroxylation sites is 1. The van der Waals surface area contributed by atoms with Crippen molar-refractivity contribution in [3.63, 3.8) is 0 Å². The van der Waals surface area contributed by atoms with Gasteiger partial charge in [-0.3, -0.25) is 0 Å². The fourth-order valence-corrected chi connectivity index (χ4v) is 2.78. The van der Waals surface area contributed by atoms with Crippen molar-refractivity contribution in [2.75, 3.05) is 0 Å². The number of thiol groups is 1. The Bertz CT molecular complexity index is 602. The SMILES string of the molecule is CC(C)(C)OC(=O)NCc1nc2c(S)cccc2s1. The lowest BCUT2D eigenvalue weighted by Crippen LogP contribution is -2.32. The van der Waals surface area contributed by atoms with Crippen LogP contribution in [-0.4, -0.2) is 16.7 Å². The molecule has 0 aliphatic rings. The number of alkyl carbamates (subject to hydrolysis) is 1. The first-order valence-electron chi connectivity index (χ1n) is 5.89. The maximum atomic E-state index is 11.5. The summed E-state index contributed by atoms with van der Waals surface area (Å²) in [6.45, 7) is 5.85. The molecule has 1 amide bonds. The van der Waals surface area contributed by atoms with Gasteiger partial charge in [-0.2, -0.15) is 0 Å². The number of carbonyl (C=O) groups excluding carboxylic acids is 1. The quantitative estimate of drug-likeness (QED) is 0.832. The lowest BCUT2D eigenvalue weighted by atomic mass is 10.2. The van der Waals surface area contributed by atoms with Crippen LogP contribution in [0.2, 0.25) is 0 Å². The summed E-state index contributed by atoms with van der Waals surface area (Å²) in [5, 5.41) is 3.53. The second-order valence-corrected chi connectivity index (χ2v) is 6.68. The topological polar surface area (TPSA) is 51.2 Å². The molecule has 1 aromatic carbocycles. The number of ether oxygens (including phenoxy) is 1. The summed E-state index contributed by atoms with van der Waals surface area (Å²) in [5.74, 6) is 0. The van der Waals surface area contributed by atoms with Crippen LogP contribution in [0.25, 0.3) is 10.2 Å². The number of rotatable bonds is 2. The molecule has 0 saturated heterocycles. The summed E-state index contributed by atoms with van der Waals surface area (Å²) in [7, 11) is 0. The zero-order chi connectivity index (χ0) is 14.0. The number of thiazole rings is 1. The normalized spacial score (nSPS) is 11.6. The van der Waals surface area contributed by atoms with Crippen LogP contribution in [0.1, 0.15) is 25.8 Å². The Labute approximate surface area is 121 Å². The monoisotopic (exact) mass is 296 g/mol. The molecule has 0 saturated carbocycles. The molecule has 0 radical (unpaired) electrons. The standard InChI is InChI=1S/C13H16N2O2S2/c1-13(2,3)17-12(16)14-7-10-15-11-8(18)5-4-6-9(11)19-10/h4-6,18H,7H2,1-3H3,(H,14,16). The molecule has 0 unspecified atom stereocenters.